The van der Waals surface area contributed by atoms with Gasteiger partial charge >= 0.3 is 0 Å². The van der Waals surface area contributed by atoms with Crippen molar-refractivity contribution in [1.29, 1.82) is 0 Å². The van der Waals surface area contributed by atoms with Crippen LogP contribution in [0.3, 0.4) is 0 Å². The Morgan fingerprint density at radius 3 is 2.25 bits per heavy atom. The Kier molecular flexibility index (Phi) is 7.17. The fourth-order valence-corrected chi connectivity index (χ4v) is 4.21. The molecule has 0 aliphatic carbocycles. The first-order valence-corrected chi connectivity index (χ1v) is 11.2. The number of carbonyl (C=O) groups is 1. The number of benzene rings is 3. The summed E-state index contributed by atoms with van der Waals surface area (Å²) in [5.74, 6) is 0.373. The maximum absolute atomic E-state index is 13.0. The molecular weight excluding hydrogens is 428 g/mol. The van der Waals surface area contributed by atoms with Gasteiger partial charge in [0.25, 0.3) is 10.0 Å². The van der Waals surface area contributed by atoms with Gasteiger partial charge in [-0.3, -0.25) is 9.52 Å². The predicted octanol–water partition coefficient (Wildman–Crippen LogP) is 4.46. The predicted molar refractivity (Wildman–Crippen MR) is 126 cm³/mol. The molecule has 0 saturated carbocycles. The molecule has 0 unspecified atom stereocenters. The van der Waals surface area contributed by atoms with Crippen molar-refractivity contribution in [1.82, 2.24) is 0 Å². The van der Waals surface area contributed by atoms with Crippen LogP contribution >= 0.6 is 0 Å². The second-order valence-corrected chi connectivity index (χ2v) is 8.53. The number of methoxy groups -OCH3 is 2. The molecule has 0 atom stereocenters. The van der Waals surface area contributed by atoms with Gasteiger partial charge in [-0.1, -0.05) is 24.3 Å². The highest BCUT2D eigenvalue weighted by molar-refractivity contribution is 7.92. The highest BCUT2D eigenvalue weighted by Crippen LogP contribution is 2.29. The maximum atomic E-state index is 13.0. The zero-order valence-electron chi connectivity index (χ0n) is 18.0. The third kappa shape index (κ3) is 5.67. The third-order valence-corrected chi connectivity index (χ3v) is 6.07. The molecule has 0 heterocycles. The molecule has 0 bridgehead atoms. The topological polar surface area (TPSA) is 93.7 Å². The molecule has 0 aliphatic rings. The number of nitrogens with one attached hydrogen (secondary N) is 2. The van der Waals surface area contributed by atoms with Crippen molar-refractivity contribution in [3.05, 3.63) is 83.9 Å². The van der Waals surface area contributed by atoms with Gasteiger partial charge in [0.05, 0.1) is 14.2 Å². The Morgan fingerprint density at radius 1 is 0.906 bits per heavy atom. The summed E-state index contributed by atoms with van der Waals surface area (Å²) in [5, 5.41) is 2.68. The zero-order chi connectivity index (χ0) is 23.1. The lowest BCUT2D eigenvalue weighted by atomic mass is 10.1. The Balaban J connectivity index is 1.81. The van der Waals surface area contributed by atoms with Gasteiger partial charge in [-0.25, -0.2) is 8.42 Å². The van der Waals surface area contributed by atoms with Crippen LogP contribution in [0.1, 0.15) is 11.1 Å². The molecule has 3 aromatic carbocycles. The van der Waals surface area contributed by atoms with Gasteiger partial charge in [0.1, 0.15) is 16.4 Å². The lowest BCUT2D eigenvalue weighted by Crippen LogP contribution is -2.15. The van der Waals surface area contributed by atoms with Crippen molar-refractivity contribution < 1.29 is 22.7 Å². The van der Waals surface area contributed by atoms with Crippen molar-refractivity contribution >= 4 is 33.4 Å². The average molecular weight is 453 g/mol. The number of amides is 1. The lowest BCUT2D eigenvalue weighted by Gasteiger charge is -2.13. The number of ether oxygens (including phenoxy) is 2. The molecule has 8 heteroatoms. The first-order valence-electron chi connectivity index (χ1n) is 9.72. The fraction of sp³-hybridized carbons (Fsp3) is 0.125. The highest BCUT2D eigenvalue weighted by Gasteiger charge is 2.21. The number of rotatable bonds is 8. The van der Waals surface area contributed by atoms with E-state index in [-0.39, 0.29) is 16.6 Å². The number of anilines is 2. The van der Waals surface area contributed by atoms with E-state index in [0.29, 0.717) is 17.1 Å². The zero-order valence-corrected chi connectivity index (χ0v) is 18.8. The van der Waals surface area contributed by atoms with Crippen molar-refractivity contribution in [3.63, 3.8) is 0 Å². The van der Waals surface area contributed by atoms with Crippen molar-refractivity contribution in [2.45, 2.75) is 11.8 Å². The fourth-order valence-electron chi connectivity index (χ4n) is 2.96. The SMILES string of the molecule is COc1ccc(NS(=O)(=O)c2cc(NC(=O)/C=C/c3ccccc3C)ccc2OC)cc1. The number of sulfonamides is 1. The van der Waals surface area contributed by atoms with Crippen LogP contribution in [0.5, 0.6) is 11.5 Å². The largest absolute Gasteiger partial charge is 0.497 e. The minimum atomic E-state index is -3.98. The molecule has 166 valence electrons. The molecule has 3 aromatic rings. The van der Waals surface area contributed by atoms with Gasteiger partial charge in [-0.2, -0.15) is 0 Å². The van der Waals surface area contributed by atoms with E-state index in [9.17, 15) is 13.2 Å². The molecule has 0 radical (unpaired) electrons. The second-order valence-electron chi connectivity index (χ2n) is 6.88. The normalized spacial score (nSPS) is 11.2. The van der Waals surface area contributed by atoms with Gasteiger partial charge in [-0.05, 0) is 66.6 Å². The Morgan fingerprint density at radius 2 is 1.59 bits per heavy atom. The van der Waals surface area contributed by atoms with Crippen LogP contribution in [-0.2, 0) is 14.8 Å². The molecule has 0 fully saturated rings. The number of aryl methyl sites for hydroxylation is 1. The molecule has 0 aromatic heterocycles. The molecule has 0 saturated heterocycles. The van der Waals surface area contributed by atoms with Crippen LogP contribution in [0.2, 0.25) is 0 Å². The number of carbonyl (C=O) groups excluding carboxylic acids is 1. The number of hydrogen-bond acceptors (Lipinski definition) is 5. The van der Waals surface area contributed by atoms with Crippen LogP contribution in [0.15, 0.2) is 77.7 Å². The van der Waals surface area contributed by atoms with Gasteiger partial charge < -0.3 is 14.8 Å². The first kappa shape index (κ1) is 22.9. The van der Waals surface area contributed by atoms with E-state index in [4.69, 9.17) is 9.47 Å². The van der Waals surface area contributed by atoms with Crippen molar-refractivity contribution in [2.75, 3.05) is 24.3 Å². The molecule has 2 N–H and O–H groups in total. The molecule has 1 amide bonds. The molecule has 0 aliphatic heterocycles. The minimum absolute atomic E-state index is 0.100. The van der Waals surface area contributed by atoms with Crippen molar-refractivity contribution in [2.24, 2.45) is 0 Å². The van der Waals surface area contributed by atoms with E-state index in [1.807, 2.05) is 31.2 Å². The molecule has 0 spiro atoms. The quantitative estimate of drug-likeness (QED) is 0.492. The third-order valence-electron chi connectivity index (χ3n) is 4.67. The summed E-state index contributed by atoms with van der Waals surface area (Å²) in [4.78, 5) is 12.3. The minimum Gasteiger partial charge on any atom is -0.497 e. The monoisotopic (exact) mass is 452 g/mol. The van der Waals surface area contributed by atoms with Crippen LogP contribution < -0.4 is 19.5 Å². The second kappa shape index (κ2) is 10.0. The lowest BCUT2D eigenvalue weighted by molar-refractivity contribution is -0.111. The van der Waals surface area contributed by atoms with E-state index < -0.39 is 10.0 Å². The van der Waals surface area contributed by atoms with Crippen LogP contribution in [0.4, 0.5) is 11.4 Å². The van der Waals surface area contributed by atoms with Crippen LogP contribution in [0.25, 0.3) is 6.08 Å². The molecular formula is C24H24N2O5S. The summed E-state index contributed by atoms with van der Waals surface area (Å²) in [5.41, 5.74) is 2.65. The van der Waals surface area contributed by atoms with E-state index in [1.54, 1.807) is 36.4 Å². The van der Waals surface area contributed by atoms with Crippen LogP contribution in [0, 0.1) is 6.92 Å². The van der Waals surface area contributed by atoms with Gasteiger partial charge in [0.2, 0.25) is 5.91 Å². The molecule has 3 rings (SSSR count). The number of hydrogen-bond donors (Lipinski definition) is 2. The Hall–Kier alpha value is -3.78. The van der Waals surface area contributed by atoms with E-state index in [1.165, 1.54) is 32.4 Å². The average Bonchev–Trinajstić information content (AvgIpc) is 2.79. The summed E-state index contributed by atoms with van der Waals surface area (Å²) in [7, 11) is -1.07. The smallest absolute Gasteiger partial charge is 0.265 e. The summed E-state index contributed by atoms with van der Waals surface area (Å²) < 4.78 is 38.8. The first-order chi connectivity index (χ1) is 15.3. The van der Waals surface area contributed by atoms with Gasteiger partial charge in [-0.15, -0.1) is 0 Å². The van der Waals surface area contributed by atoms with E-state index >= 15 is 0 Å². The standard InChI is InChI=1S/C24H24N2O5S/c1-17-6-4-5-7-18(17)8-15-24(27)25-20-11-14-22(31-3)23(16-20)32(28,29)26-19-9-12-21(30-2)13-10-19/h4-16,26H,1-3H3,(H,25,27)/b15-8+. The summed E-state index contributed by atoms with van der Waals surface area (Å²) in [6.07, 6.45) is 3.10. The van der Waals surface area contributed by atoms with Gasteiger partial charge in [0, 0.05) is 17.5 Å². The van der Waals surface area contributed by atoms with Gasteiger partial charge in [0.15, 0.2) is 0 Å². The Labute approximate surface area is 187 Å². The summed E-state index contributed by atoms with van der Waals surface area (Å²) in [6.45, 7) is 1.95. The summed E-state index contributed by atoms with van der Waals surface area (Å²) >= 11 is 0. The van der Waals surface area contributed by atoms with E-state index in [2.05, 4.69) is 10.0 Å². The van der Waals surface area contributed by atoms with E-state index in [0.717, 1.165) is 11.1 Å². The maximum Gasteiger partial charge on any atom is 0.265 e. The van der Waals surface area contributed by atoms with Crippen LogP contribution in [-0.4, -0.2) is 28.5 Å². The molecule has 7 nitrogen and oxygen atoms in total. The highest BCUT2D eigenvalue weighted by atomic mass is 32.2. The molecule has 32 heavy (non-hydrogen) atoms. The Bertz CT molecular complexity index is 1240. The summed E-state index contributed by atoms with van der Waals surface area (Å²) in [6, 6.07) is 18.6. The van der Waals surface area contributed by atoms with Crippen molar-refractivity contribution in [3.8, 4) is 11.5 Å².